The first-order valence-electron chi connectivity index (χ1n) is 4.90. The maximum atomic E-state index is 2.58. The largest absolute Gasteiger partial charge is 0.0861 e. The van der Waals surface area contributed by atoms with Gasteiger partial charge in [-0.05, 0) is 48.3 Å². The van der Waals surface area contributed by atoms with Crippen LogP contribution in [0.15, 0.2) is 0 Å². The quantitative estimate of drug-likeness (QED) is 0.503. The van der Waals surface area contributed by atoms with E-state index < -0.39 is 0 Å². The summed E-state index contributed by atoms with van der Waals surface area (Å²) >= 11 is 2.58. The lowest BCUT2D eigenvalue weighted by Gasteiger charge is -2.72. The lowest BCUT2D eigenvalue weighted by atomic mass is 9.33. The van der Waals surface area contributed by atoms with E-state index in [1.165, 1.54) is 28.1 Å². The van der Waals surface area contributed by atoms with Crippen molar-refractivity contribution < 1.29 is 0 Å². The zero-order chi connectivity index (χ0) is 7.59. The number of hydrogen-bond donors (Lipinski definition) is 0. The number of fused-ring (bicyclic) bond motifs is 4. The summed E-state index contributed by atoms with van der Waals surface area (Å²) in [6.45, 7) is 2.49. The van der Waals surface area contributed by atoms with Crippen molar-refractivity contribution >= 4 is 22.6 Å². The summed E-state index contributed by atoms with van der Waals surface area (Å²) in [5.74, 6) is 6.99. The lowest BCUT2D eigenvalue weighted by molar-refractivity contribution is -0.236. The number of rotatable bonds is 1. The molecule has 3 rings (SSSR count). The van der Waals surface area contributed by atoms with Crippen LogP contribution in [-0.2, 0) is 0 Å². The van der Waals surface area contributed by atoms with E-state index in [4.69, 9.17) is 0 Å². The van der Waals surface area contributed by atoms with Gasteiger partial charge in [0.1, 0.15) is 0 Å². The van der Waals surface area contributed by atoms with Crippen LogP contribution >= 0.6 is 22.6 Å². The molecule has 0 aromatic heterocycles. The van der Waals surface area contributed by atoms with Gasteiger partial charge in [0, 0.05) is 4.43 Å². The predicted octanol–water partition coefficient (Wildman–Crippen LogP) is 2.96. The molecule has 0 bridgehead atoms. The smallest absolute Gasteiger partial charge is 0.00292 e. The first kappa shape index (κ1) is 7.16. The third-order valence-electron chi connectivity index (χ3n) is 4.77. The molecule has 0 saturated heterocycles. The second-order valence-corrected chi connectivity index (χ2v) is 5.62. The van der Waals surface area contributed by atoms with Gasteiger partial charge in [0.2, 0.25) is 0 Å². The van der Waals surface area contributed by atoms with E-state index in [2.05, 4.69) is 29.5 Å². The zero-order valence-electron chi connectivity index (χ0n) is 6.96. The second kappa shape index (κ2) is 2.15. The van der Waals surface area contributed by atoms with Crippen LogP contribution in [0.2, 0.25) is 0 Å². The monoisotopic (exact) mass is 262 g/mol. The van der Waals surface area contributed by atoms with Crippen molar-refractivity contribution in [2.24, 2.45) is 35.5 Å². The Balaban J connectivity index is 1.76. The van der Waals surface area contributed by atoms with Crippen LogP contribution in [0, 0.1) is 35.5 Å². The first-order chi connectivity index (χ1) is 5.34. The molecule has 6 atom stereocenters. The van der Waals surface area contributed by atoms with Crippen molar-refractivity contribution in [2.75, 3.05) is 4.43 Å². The molecule has 0 aromatic carbocycles. The Morgan fingerprint density at radius 2 is 1.82 bits per heavy atom. The third kappa shape index (κ3) is 0.641. The molecular formula is C10H15I. The van der Waals surface area contributed by atoms with Crippen molar-refractivity contribution in [3.05, 3.63) is 0 Å². The van der Waals surface area contributed by atoms with Crippen LogP contribution in [0.5, 0.6) is 0 Å². The highest BCUT2D eigenvalue weighted by Gasteiger charge is 2.66. The number of halogens is 1. The van der Waals surface area contributed by atoms with E-state index in [1.54, 1.807) is 12.8 Å². The minimum atomic E-state index is 1.08. The highest BCUT2D eigenvalue weighted by atomic mass is 127. The molecule has 0 N–H and O–H groups in total. The molecule has 0 spiro atoms. The van der Waals surface area contributed by atoms with Crippen LogP contribution in [0.1, 0.15) is 19.8 Å². The summed E-state index contributed by atoms with van der Waals surface area (Å²) in [5.41, 5.74) is 0. The van der Waals surface area contributed by atoms with Crippen LogP contribution < -0.4 is 0 Å². The van der Waals surface area contributed by atoms with Gasteiger partial charge in [0.25, 0.3) is 0 Å². The van der Waals surface area contributed by atoms with E-state index in [-0.39, 0.29) is 0 Å². The number of hydrogen-bond acceptors (Lipinski definition) is 0. The molecule has 0 nitrogen and oxygen atoms in total. The molecule has 3 saturated carbocycles. The van der Waals surface area contributed by atoms with Crippen LogP contribution in [-0.4, -0.2) is 4.43 Å². The fourth-order valence-electron chi connectivity index (χ4n) is 4.01. The Kier molecular flexibility index (Phi) is 1.40. The molecule has 62 valence electrons. The molecule has 5 unspecified atom stereocenters. The molecule has 1 heteroatoms. The Labute approximate surface area is 82.3 Å². The minimum Gasteiger partial charge on any atom is -0.0861 e. The average Bonchev–Trinajstić information content (AvgIpc) is 1.97. The highest BCUT2D eigenvalue weighted by molar-refractivity contribution is 14.1. The van der Waals surface area contributed by atoms with Gasteiger partial charge in [0.15, 0.2) is 0 Å². The van der Waals surface area contributed by atoms with Gasteiger partial charge in [0.05, 0.1) is 0 Å². The predicted molar refractivity (Wildman–Crippen MR) is 54.7 cm³/mol. The Bertz CT molecular complexity index is 183. The topological polar surface area (TPSA) is 0 Å². The van der Waals surface area contributed by atoms with Crippen molar-refractivity contribution in [3.63, 3.8) is 0 Å². The van der Waals surface area contributed by atoms with Crippen molar-refractivity contribution in [1.82, 2.24) is 0 Å². The molecule has 0 heterocycles. The standard InChI is InChI=1S/C10H15I/c1-5-8(4-11)10-7-3-2-6(7)9(5)10/h5-10H,2-4H2,1H3/t5?,6?,7-,8?,9?,10?/m1/s1. The molecule has 3 aliphatic rings. The summed E-state index contributed by atoms with van der Waals surface area (Å²) in [5, 5.41) is 0. The van der Waals surface area contributed by atoms with Crippen molar-refractivity contribution in [2.45, 2.75) is 19.8 Å². The van der Waals surface area contributed by atoms with E-state index in [1.807, 2.05) is 0 Å². The van der Waals surface area contributed by atoms with Crippen molar-refractivity contribution in [3.8, 4) is 0 Å². The zero-order valence-corrected chi connectivity index (χ0v) is 9.12. The fourth-order valence-corrected chi connectivity index (χ4v) is 5.40. The summed E-state index contributed by atoms with van der Waals surface area (Å²) in [6.07, 6.45) is 3.15. The summed E-state index contributed by atoms with van der Waals surface area (Å²) < 4.78 is 1.42. The average molecular weight is 262 g/mol. The molecule has 3 fully saturated rings. The maximum absolute atomic E-state index is 2.58. The molecule has 0 aliphatic heterocycles. The van der Waals surface area contributed by atoms with E-state index in [9.17, 15) is 0 Å². The van der Waals surface area contributed by atoms with Crippen LogP contribution in [0.25, 0.3) is 0 Å². The van der Waals surface area contributed by atoms with Crippen molar-refractivity contribution in [1.29, 1.82) is 0 Å². The Morgan fingerprint density at radius 1 is 1.18 bits per heavy atom. The van der Waals surface area contributed by atoms with Gasteiger partial charge >= 0.3 is 0 Å². The lowest BCUT2D eigenvalue weighted by Crippen LogP contribution is -2.67. The molecule has 0 radical (unpaired) electrons. The van der Waals surface area contributed by atoms with E-state index in [0.29, 0.717) is 0 Å². The molecule has 0 amide bonds. The molecular weight excluding hydrogens is 247 g/mol. The van der Waals surface area contributed by atoms with Gasteiger partial charge in [-0.25, -0.2) is 0 Å². The van der Waals surface area contributed by atoms with Gasteiger partial charge in [-0.2, -0.15) is 0 Å². The van der Waals surface area contributed by atoms with E-state index >= 15 is 0 Å². The Hall–Kier alpha value is 0.730. The van der Waals surface area contributed by atoms with Crippen LogP contribution in [0.4, 0.5) is 0 Å². The van der Waals surface area contributed by atoms with Gasteiger partial charge in [-0.15, -0.1) is 0 Å². The van der Waals surface area contributed by atoms with Gasteiger partial charge in [-0.1, -0.05) is 29.5 Å². The second-order valence-electron chi connectivity index (χ2n) is 4.74. The summed E-state index contributed by atoms with van der Waals surface area (Å²) in [7, 11) is 0. The fraction of sp³-hybridized carbons (Fsp3) is 1.00. The number of alkyl halides is 1. The molecule has 0 aromatic rings. The van der Waals surface area contributed by atoms with Gasteiger partial charge in [-0.3, -0.25) is 0 Å². The molecule has 3 aliphatic carbocycles. The molecule has 11 heavy (non-hydrogen) atoms. The normalized spacial score (nSPS) is 64.9. The Morgan fingerprint density at radius 3 is 2.36 bits per heavy atom. The minimum absolute atomic E-state index is 1.08. The van der Waals surface area contributed by atoms with Crippen LogP contribution in [0.3, 0.4) is 0 Å². The van der Waals surface area contributed by atoms with E-state index in [0.717, 1.165) is 11.8 Å². The SMILES string of the molecule is CC1C(CI)C2C1C1CC[C@H]12. The first-order valence-corrected chi connectivity index (χ1v) is 6.43. The maximum Gasteiger partial charge on any atom is 0.00292 e. The summed E-state index contributed by atoms with van der Waals surface area (Å²) in [4.78, 5) is 0. The van der Waals surface area contributed by atoms with Gasteiger partial charge < -0.3 is 0 Å². The highest BCUT2D eigenvalue weighted by Crippen LogP contribution is 2.71. The third-order valence-corrected chi connectivity index (χ3v) is 5.79. The summed E-state index contributed by atoms with van der Waals surface area (Å²) in [6, 6.07) is 0.